The fourth-order valence-electron chi connectivity index (χ4n) is 4.25. The second-order valence-electron chi connectivity index (χ2n) is 7.69. The van der Waals surface area contributed by atoms with Crippen LogP contribution < -0.4 is 9.96 Å². The zero-order chi connectivity index (χ0) is 23.3. The number of nitro benzene ring substituents is 1. The van der Waals surface area contributed by atoms with Crippen molar-refractivity contribution < 1.29 is 29.6 Å². The molecule has 0 radical (unpaired) electrons. The minimum Gasteiger partial charge on any atom is -0.504 e. The smallest absolute Gasteiger partial charge is 0.269 e. The number of rotatable bonds is 4. The van der Waals surface area contributed by atoms with Gasteiger partial charge in [-0.25, -0.2) is 9.96 Å². The van der Waals surface area contributed by atoms with Gasteiger partial charge in [-0.3, -0.25) is 24.5 Å². The highest BCUT2D eigenvalue weighted by atomic mass is 16.7. The lowest BCUT2D eigenvalue weighted by molar-refractivity contribution is -0.384. The Bertz CT molecular complexity index is 1260. The summed E-state index contributed by atoms with van der Waals surface area (Å²) in [6.07, 6.45) is -1.13. The van der Waals surface area contributed by atoms with Gasteiger partial charge in [0, 0.05) is 12.1 Å². The maximum absolute atomic E-state index is 13.5. The molecule has 2 fully saturated rings. The number of fused-ring (bicyclic) bond motifs is 1. The number of nitrogens with zero attached hydrogens (tertiary/aromatic N) is 3. The van der Waals surface area contributed by atoms with E-state index in [2.05, 4.69) is 0 Å². The highest BCUT2D eigenvalue weighted by Crippen LogP contribution is 2.48. The van der Waals surface area contributed by atoms with Crippen molar-refractivity contribution in [2.24, 2.45) is 5.92 Å². The number of hydrogen-bond acceptors (Lipinski definition) is 8. The summed E-state index contributed by atoms with van der Waals surface area (Å²) in [5, 5.41) is 32.2. The molecule has 0 unspecified atom stereocenters. The highest BCUT2D eigenvalue weighted by molar-refractivity contribution is 6.24. The summed E-state index contributed by atoms with van der Waals surface area (Å²) < 4.78 is 0. The first-order valence-corrected chi connectivity index (χ1v) is 10.0. The Hall–Kier alpha value is -4.44. The molecule has 166 valence electrons. The number of carbonyl (C=O) groups excluding carboxylic acids is 2. The topological polar surface area (TPSA) is 133 Å². The Morgan fingerprint density at radius 3 is 2.18 bits per heavy atom. The zero-order valence-electron chi connectivity index (χ0n) is 16.9. The number of para-hydroxylation sites is 1. The van der Waals surface area contributed by atoms with Crippen LogP contribution in [-0.4, -0.2) is 33.1 Å². The van der Waals surface area contributed by atoms with Gasteiger partial charge in [-0.2, -0.15) is 0 Å². The molecule has 0 saturated carbocycles. The first kappa shape index (κ1) is 20.5. The number of hydrogen-bond donors (Lipinski definition) is 2. The van der Waals surface area contributed by atoms with Crippen molar-refractivity contribution in [1.82, 2.24) is 0 Å². The van der Waals surface area contributed by atoms with E-state index in [0.29, 0.717) is 11.3 Å². The maximum atomic E-state index is 13.5. The average molecular weight is 447 g/mol. The summed E-state index contributed by atoms with van der Waals surface area (Å²) in [6.45, 7) is 0. The molecule has 0 aromatic heterocycles. The molecule has 2 heterocycles. The summed E-state index contributed by atoms with van der Waals surface area (Å²) >= 11 is 0. The van der Waals surface area contributed by atoms with E-state index in [0.717, 1.165) is 4.90 Å². The van der Waals surface area contributed by atoms with Crippen LogP contribution in [0.25, 0.3) is 0 Å². The largest absolute Gasteiger partial charge is 0.504 e. The van der Waals surface area contributed by atoms with Crippen molar-refractivity contribution in [2.75, 3.05) is 9.96 Å². The van der Waals surface area contributed by atoms with Crippen LogP contribution in [0.2, 0.25) is 0 Å². The summed E-state index contributed by atoms with van der Waals surface area (Å²) in [5.74, 6) is -2.76. The van der Waals surface area contributed by atoms with Crippen LogP contribution in [0, 0.1) is 16.0 Å². The van der Waals surface area contributed by atoms with Gasteiger partial charge in [0.05, 0.1) is 22.3 Å². The van der Waals surface area contributed by atoms with E-state index in [9.17, 15) is 29.9 Å². The molecular weight excluding hydrogens is 430 g/mol. The first-order chi connectivity index (χ1) is 15.9. The van der Waals surface area contributed by atoms with Gasteiger partial charge in [0.15, 0.2) is 17.6 Å². The second-order valence-corrected chi connectivity index (χ2v) is 7.69. The molecule has 10 heteroatoms. The molecule has 2 saturated heterocycles. The standard InChI is InChI=1S/C23H17N3O7/c27-17-11-6-13(12-18(17)28)20-19-21(33-25(20)15-4-2-1-3-5-15)23(30)24(22(19)29)14-7-9-16(10-8-14)26(31)32/h1-12,19-21,27-28H/t19-,20-,21+/m1/s1. The van der Waals surface area contributed by atoms with Gasteiger partial charge in [0.2, 0.25) is 5.91 Å². The molecule has 2 aliphatic rings. The molecule has 0 bridgehead atoms. The number of anilines is 2. The molecular formula is C23H17N3O7. The van der Waals surface area contributed by atoms with E-state index in [1.165, 1.54) is 41.5 Å². The number of nitro groups is 1. The zero-order valence-corrected chi connectivity index (χ0v) is 16.9. The Morgan fingerprint density at radius 1 is 0.848 bits per heavy atom. The van der Waals surface area contributed by atoms with E-state index in [1.807, 2.05) is 6.07 Å². The predicted octanol–water partition coefficient (Wildman–Crippen LogP) is 3.06. The van der Waals surface area contributed by atoms with Gasteiger partial charge in [0.1, 0.15) is 5.92 Å². The molecule has 33 heavy (non-hydrogen) atoms. The Balaban J connectivity index is 1.57. The summed E-state index contributed by atoms with van der Waals surface area (Å²) in [7, 11) is 0. The van der Waals surface area contributed by atoms with Crippen LogP contribution in [0.5, 0.6) is 11.5 Å². The predicted molar refractivity (Wildman–Crippen MR) is 115 cm³/mol. The number of phenolic OH excluding ortho intramolecular Hbond substituents is 2. The van der Waals surface area contributed by atoms with Crippen LogP contribution in [0.1, 0.15) is 11.6 Å². The lowest BCUT2D eigenvalue weighted by Crippen LogP contribution is -2.37. The van der Waals surface area contributed by atoms with E-state index in [-0.39, 0.29) is 22.9 Å². The molecule has 5 rings (SSSR count). The number of hydroxylamine groups is 1. The molecule has 3 aromatic carbocycles. The van der Waals surface area contributed by atoms with Crippen LogP contribution >= 0.6 is 0 Å². The van der Waals surface area contributed by atoms with Crippen LogP contribution in [0.3, 0.4) is 0 Å². The number of imide groups is 1. The second kappa shape index (κ2) is 7.61. The van der Waals surface area contributed by atoms with E-state index in [1.54, 1.807) is 30.3 Å². The van der Waals surface area contributed by atoms with Crippen molar-refractivity contribution >= 4 is 28.9 Å². The quantitative estimate of drug-likeness (QED) is 0.270. The molecule has 3 atom stereocenters. The first-order valence-electron chi connectivity index (χ1n) is 10.0. The van der Waals surface area contributed by atoms with Crippen molar-refractivity contribution in [3.8, 4) is 11.5 Å². The van der Waals surface area contributed by atoms with Crippen LogP contribution in [0.4, 0.5) is 17.1 Å². The molecule has 2 amide bonds. The summed E-state index contributed by atoms with van der Waals surface area (Å²) in [4.78, 5) is 44.0. The van der Waals surface area contributed by atoms with Gasteiger partial charge in [-0.15, -0.1) is 0 Å². The van der Waals surface area contributed by atoms with Gasteiger partial charge in [0.25, 0.3) is 11.6 Å². The number of non-ortho nitro benzene ring substituents is 1. The summed E-state index contributed by atoms with van der Waals surface area (Å²) in [6, 6.07) is 17.4. The Labute approximate surface area is 187 Å². The lowest BCUT2D eigenvalue weighted by Gasteiger charge is -2.28. The molecule has 3 aromatic rings. The van der Waals surface area contributed by atoms with E-state index in [4.69, 9.17) is 4.84 Å². The van der Waals surface area contributed by atoms with Gasteiger partial charge < -0.3 is 10.2 Å². The SMILES string of the molecule is O=C1[C@H]2[C@H](ON(c3ccccc3)[C@@H]2c2ccc(O)c(O)c2)C(=O)N1c1ccc([N+](=O)[O-])cc1. The third kappa shape index (κ3) is 3.24. The van der Waals surface area contributed by atoms with Crippen LogP contribution in [0.15, 0.2) is 72.8 Å². The van der Waals surface area contributed by atoms with Gasteiger partial charge in [-0.1, -0.05) is 24.3 Å². The molecule has 2 aliphatic heterocycles. The van der Waals surface area contributed by atoms with Crippen molar-refractivity contribution in [1.29, 1.82) is 0 Å². The van der Waals surface area contributed by atoms with E-state index < -0.39 is 34.8 Å². The normalized spacial score (nSPS) is 22.0. The third-order valence-corrected chi connectivity index (χ3v) is 5.79. The van der Waals surface area contributed by atoms with Gasteiger partial charge in [-0.05, 0) is 42.0 Å². The highest BCUT2D eigenvalue weighted by Gasteiger charge is 2.60. The van der Waals surface area contributed by atoms with Gasteiger partial charge >= 0.3 is 0 Å². The third-order valence-electron chi connectivity index (χ3n) is 5.79. The fourth-order valence-corrected chi connectivity index (χ4v) is 4.25. The molecule has 2 N–H and O–H groups in total. The summed E-state index contributed by atoms with van der Waals surface area (Å²) in [5.41, 5.74) is 1.11. The van der Waals surface area contributed by atoms with E-state index >= 15 is 0 Å². The fraction of sp³-hybridized carbons (Fsp3) is 0.130. The molecule has 0 spiro atoms. The molecule has 10 nitrogen and oxygen atoms in total. The van der Waals surface area contributed by atoms with Crippen molar-refractivity contribution in [3.63, 3.8) is 0 Å². The minimum atomic E-state index is -1.13. The minimum absolute atomic E-state index is 0.165. The van der Waals surface area contributed by atoms with Crippen LogP contribution in [-0.2, 0) is 14.4 Å². The monoisotopic (exact) mass is 447 g/mol. The van der Waals surface area contributed by atoms with Crippen molar-refractivity contribution in [3.05, 3.63) is 88.5 Å². The number of carbonyl (C=O) groups is 2. The number of phenols is 2. The number of amides is 2. The maximum Gasteiger partial charge on any atom is 0.269 e. The number of benzene rings is 3. The lowest BCUT2D eigenvalue weighted by atomic mass is 9.90. The molecule has 0 aliphatic carbocycles. The number of aromatic hydroxyl groups is 2. The average Bonchev–Trinajstić information content (AvgIpc) is 3.32. The Kier molecular flexibility index (Phi) is 4.72. The van der Waals surface area contributed by atoms with Crippen molar-refractivity contribution in [2.45, 2.75) is 12.1 Å². The Morgan fingerprint density at radius 2 is 1.55 bits per heavy atom.